The summed E-state index contributed by atoms with van der Waals surface area (Å²) in [5, 5.41) is 14.8. The van der Waals surface area contributed by atoms with Gasteiger partial charge in [0.05, 0.1) is 18.1 Å². The lowest BCUT2D eigenvalue weighted by Crippen LogP contribution is -2.18. The predicted octanol–water partition coefficient (Wildman–Crippen LogP) is 4.09. The van der Waals surface area contributed by atoms with E-state index >= 15 is 0 Å². The Morgan fingerprint density at radius 3 is 2.73 bits per heavy atom. The molecule has 0 aliphatic heterocycles. The minimum atomic E-state index is -0.204. The van der Waals surface area contributed by atoms with Crippen molar-refractivity contribution in [1.29, 1.82) is 0 Å². The zero-order valence-corrected chi connectivity index (χ0v) is 17.8. The van der Waals surface area contributed by atoms with Crippen molar-refractivity contribution in [1.82, 2.24) is 29.4 Å². The van der Waals surface area contributed by atoms with Crippen LogP contribution >= 0.6 is 0 Å². The number of carbonyl (C=O) groups excluding carboxylic acids is 1. The van der Waals surface area contributed by atoms with Gasteiger partial charge < -0.3 is 4.42 Å². The molecule has 9 heteroatoms. The first-order chi connectivity index (χ1) is 16.2. The van der Waals surface area contributed by atoms with Crippen molar-refractivity contribution in [2.45, 2.75) is 19.9 Å². The van der Waals surface area contributed by atoms with Crippen LogP contribution in [0.4, 0.5) is 5.95 Å². The van der Waals surface area contributed by atoms with E-state index in [1.54, 1.807) is 23.1 Å². The molecule has 1 amide bonds. The Kier molecular flexibility index (Phi) is 4.39. The maximum Gasteiger partial charge on any atom is 0.234 e. The molecule has 6 aromatic rings. The molecule has 0 unspecified atom stereocenters. The van der Waals surface area contributed by atoms with Crippen LogP contribution < -0.4 is 5.32 Å². The number of benzene rings is 2. The number of fused-ring (bicyclic) bond motifs is 4. The van der Waals surface area contributed by atoms with E-state index in [9.17, 15) is 4.79 Å². The Morgan fingerprint density at radius 2 is 1.88 bits per heavy atom. The summed E-state index contributed by atoms with van der Waals surface area (Å²) in [6.07, 6.45) is 3.64. The fourth-order valence-electron chi connectivity index (χ4n) is 3.97. The third-order valence-corrected chi connectivity index (χ3v) is 5.55. The summed E-state index contributed by atoms with van der Waals surface area (Å²) in [6.45, 7) is 2.68. The summed E-state index contributed by atoms with van der Waals surface area (Å²) in [4.78, 5) is 22.3. The Labute approximate surface area is 187 Å². The molecule has 0 aliphatic rings. The first kappa shape index (κ1) is 19.2. The van der Waals surface area contributed by atoms with Crippen molar-refractivity contribution in [2.24, 2.45) is 0 Å². The second-order valence-corrected chi connectivity index (χ2v) is 7.67. The number of furan rings is 1. The van der Waals surface area contributed by atoms with E-state index in [1.165, 1.54) is 4.52 Å². The molecule has 0 fully saturated rings. The molecule has 2 aromatic carbocycles. The normalized spacial score (nSPS) is 11.5. The number of nitrogens with zero attached hydrogens (tertiary/aromatic N) is 6. The lowest BCUT2D eigenvalue weighted by Gasteiger charge is -2.08. The van der Waals surface area contributed by atoms with Crippen LogP contribution in [-0.4, -0.2) is 35.3 Å². The van der Waals surface area contributed by atoms with Gasteiger partial charge in [-0.25, -0.2) is 4.98 Å². The lowest BCUT2D eigenvalue weighted by atomic mass is 10.0. The van der Waals surface area contributed by atoms with E-state index in [-0.39, 0.29) is 18.3 Å². The van der Waals surface area contributed by atoms with Crippen molar-refractivity contribution < 1.29 is 9.21 Å². The minimum absolute atomic E-state index is 0.200. The van der Waals surface area contributed by atoms with Gasteiger partial charge in [0.15, 0.2) is 17.1 Å². The van der Waals surface area contributed by atoms with E-state index in [0.717, 1.165) is 21.7 Å². The van der Waals surface area contributed by atoms with Gasteiger partial charge in [0.2, 0.25) is 17.7 Å². The molecule has 0 bridgehead atoms. The molecule has 0 aliphatic carbocycles. The predicted molar refractivity (Wildman–Crippen MR) is 124 cm³/mol. The fourth-order valence-corrected chi connectivity index (χ4v) is 3.97. The van der Waals surface area contributed by atoms with E-state index in [1.807, 2.05) is 55.6 Å². The number of rotatable bonds is 5. The molecule has 0 spiro atoms. The molecule has 4 heterocycles. The van der Waals surface area contributed by atoms with Gasteiger partial charge in [0, 0.05) is 12.7 Å². The van der Waals surface area contributed by atoms with Gasteiger partial charge in [0.25, 0.3) is 0 Å². The van der Waals surface area contributed by atoms with Crippen LogP contribution in [0.1, 0.15) is 12.5 Å². The minimum Gasteiger partial charge on any atom is -0.461 e. The number of hydrogen-bond acceptors (Lipinski definition) is 6. The average Bonchev–Trinajstić information content (AvgIpc) is 3.57. The Balaban J connectivity index is 1.42. The molecule has 33 heavy (non-hydrogen) atoms. The van der Waals surface area contributed by atoms with E-state index in [4.69, 9.17) is 4.42 Å². The van der Waals surface area contributed by atoms with E-state index < -0.39 is 0 Å². The van der Waals surface area contributed by atoms with Crippen molar-refractivity contribution >= 4 is 39.3 Å². The van der Waals surface area contributed by atoms with Gasteiger partial charge in [-0.2, -0.15) is 14.6 Å². The van der Waals surface area contributed by atoms with Gasteiger partial charge in [-0.1, -0.05) is 42.5 Å². The average molecular weight is 437 g/mol. The number of amides is 1. The van der Waals surface area contributed by atoms with E-state index in [2.05, 4.69) is 25.5 Å². The molecule has 0 saturated heterocycles. The maximum absolute atomic E-state index is 13.0. The summed E-state index contributed by atoms with van der Waals surface area (Å²) in [7, 11) is 0. The van der Waals surface area contributed by atoms with Crippen LogP contribution in [0.2, 0.25) is 0 Å². The van der Waals surface area contributed by atoms with Gasteiger partial charge in [-0.05, 0) is 35.4 Å². The zero-order valence-electron chi connectivity index (χ0n) is 17.8. The molecule has 162 valence electrons. The first-order valence-corrected chi connectivity index (χ1v) is 10.6. The quantitative estimate of drug-likeness (QED) is 0.436. The van der Waals surface area contributed by atoms with Crippen molar-refractivity contribution in [3.63, 3.8) is 0 Å². The second kappa shape index (κ2) is 7.56. The second-order valence-electron chi connectivity index (χ2n) is 7.67. The first-order valence-electron chi connectivity index (χ1n) is 10.6. The summed E-state index contributed by atoms with van der Waals surface area (Å²) in [6, 6.07) is 17.5. The monoisotopic (exact) mass is 437 g/mol. The lowest BCUT2D eigenvalue weighted by molar-refractivity contribution is -0.115. The number of aromatic nitrogens is 6. The van der Waals surface area contributed by atoms with Gasteiger partial charge in [-0.15, -0.1) is 5.10 Å². The summed E-state index contributed by atoms with van der Waals surface area (Å²) >= 11 is 0. The fraction of sp³-hybridized carbons (Fsp3) is 0.125. The SMILES string of the molecule is CCn1cc2c(nc(NC(=O)Cc3cccc4ccccc34)n3nc(-c4ccco4)nc23)n1. The molecule has 0 radical (unpaired) electrons. The number of carbonyl (C=O) groups is 1. The van der Waals surface area contributed by atoms with Crippen LogP contribution in [-0.2, 0) is 17.8 Å². The highest BCUT2D eigenvalue weighted by Gasteiger charge is 2.19. The summed E-state index contributed by atoms with van der Waals surface area (Å²) in [5.74, 6) is 0.990. The zero-order chi connectivity index (χ0) is 22.4. The highest BCUT2D eigenvalue weighted by molar-refractivity contribution is 5.97. The Hall–Kier alpha value is -4.53. The van der Waals surface area contributed by atoms with Crippen LogP contribution in [0.5, 0.6) is 0 Å². The maximum atomic E-state index is 13.0. The molecule has 0 atom stereocenters. The third-order valence-electron chi connectivity index (χ3n) is 5.55. The highest BCUT2D eigenvalue weighted by atomic mass is 16.3. The van der Waals surface area contributed by atoms with Gasteiger partial charge in [-0.3, -0.25) is 14.8 Å². The Morgan fingerprint density at radius 1 is 1.00 bits per heavy atom. The van der Waals surface area contributed by atoms with E-state index in [0.29, 0.717) is 29.4 Å². The molecule has 0 saturated carbocycles. The smallest absolute Gasteiger partial charge is 0.234 e. The largest absolute Gasteiger partial charge is 0.461 e. The van der Waals surface area contributed by atoms with Crippen LogP contribution in [0.15, 0.2) is 71.5 Å². The molecule has 6 rings (SSSR count). The number of aryl methyl sites for hydroxylation is 1. The number of anilines is 1. The molecule has 1 N–H and O–H groups in total. The number of hydrogen-bond donors (Lipinski definition) is 1. The molecular weight excluding hydrogens is 418 g/mol. The third kappa shape index (κ3) is 3.30. The molecule has 4 aromatic heterocycles. The van der Waals surface area contributed by atoms with Gasteiger partial charge in [0.1, 0.15) is 0 Å². The van der Waals surface area contributed by atoms with Crippen LogP contribution in [0.25, 0.3) is 39.0 Å². The summed E-state index contributed by atoms with van der Waals surface area (Å²) < 4.78 is 8.77. The van der Waals surface area contributed by atoms with Crippen molar-refractivity contribution in [2.75, 3.05) is 5.32 Å². The number of nitrogens with one attached hydrogen (secondary N) is 1. The van der Waals surface area contributed by atoms with Gasteiger partial charge >= 0.3 is 0 Å². The Bertz CT molecular complexity index is 1620. The standard InChI is InChI=1S/C24H19N7O2/c1-2-30-14-18-21(28-30)27-24(31-23(18)26-22(29-31)19-11-6-12-33-19)25-20(32)13-16-9-5-8-15-7-3-4-10-17(15)16/h3-12,14H,2,13H2,1H3,(H,25,27,28,32). The summed E-state index contributed by atoms with van der Waals surface area (Å²) in [5.41, 5.74) is 1.97. The molecule has 9 nitrogen and oxygen atoms in total. The van der Waals surface area contributed by atoms with Crippen molar-refractivity contribution in [3.05, 3.63) is 72.6 Å². The van der Waals surface area contributed by atoms with Crippen molar-refractivity contribution in [3.8, 4) is 11.6 Å². The van der Waals surface area contributed by atoms with Crippen LogP contribution in [0.3, 0.4) is 0 Å². The molecular formula is C24H19N7O2. The highest BCUT2D eigenvalue weighted by Crippen LogP contribution is 2.24. The van der Waals surface area contributed by atoms with Crippen LogP contribution in [0, 0.1) is 0 Å². The topological polar surface area (TPSA) is 103 Å².